The van der Waals surface area contributed by atoms with Crippen molar-refractivity contribution >= 4 is 22.6 Å². The number of benzene rings is 1. The molecule has 2 fully saturated rings. The van der Waals surface area contributed by atoms with E-state index in [0.717, 1.165) is 47.2 Å². The molecule has 9 nitrogen and oxygen atoms in total. The molecule has 2 aliphatic rings. The van der Waals surface area contributed by atoms with Crippen molar-refractivity contribution in [1.82, 2.24) is 29.6 Å². The number of hydrogen-bond acceptors (Lipinski definition) is 7. The maximum Gasteiger partial charge on any atom is 0.319 e. The summed E-state index contributed by atoms with van der Waals surface area (Å²) in [5.74, 6) is 3.54. The molecule has 3 aromatic heterocycles. The number of amides is 1. The van der Waals surface area contributed by atoms with Gasteiger partial charge in [-0.2, -0.15) is 15.1 Å². The number of aromatic nitrogens is 5. The van der Waals surface area contributed by atoms with E-state index < -0.39 is 0 Å². The van der Waals surface area contributed by atoms with Crippen LogP contribution in [0.5, 0.6) is 6.01 Å². The van der Waals surface area contributed by atoms with Crippen LogP contribution >= 0.6 is 0 Å². The lowest BCUT2D eigenvalue weighted by molar-refractivity contribution is -0.136. The zero-order chi connectivity index (χ0) is 27.1. The minimum atomic E-state index is -0.0299. The maximum absolute atomic E-state index is 12.1. The molecule has 6 rings (SSSR count). The summed E-state index contributed by atoms with van der Waals surface area (Å²) in [6.45, 7) is 8.81. The normalized spacial score (nSPS) is 15.8. The van der Waals surface area contributed by atoms with Crippen molar-refractivity contribution < 1.29 is 9.53 Å². The van der Waals surface area contributed by atoms with Crippen molar-refractivity contribution in [2.75, 3.05) is 31.1 Å². The number of terminal acetylenes is 1. The number of aryl methyl sites for hydroxylation is 2. The number of rotatable bonds is 6. The molecule has 0 saturated carbocycles. The van der Waals surface area contributed by atoms with E-state index in [-0.39, 0.29) is 23.9 Å². The molecule has 5 heterocycles. The molecule has 39 heavy (non-hydrogen) atoms. The van der Waals surface area contributed by atoms with Gasteiger partial charge < -0.3 is 14.5 Å². The quantitative estimate of drug-likeness (QED) is 0.284. The monoisotopic (exact) mass is 519 g/mol. The highest BCUT2D eigenvalue weighted by atomic mass is 16.5. The van der Waals surface area contributed by atoms with Crippen LogP contribution < -0.4 is 9.64 Å². The van der Waals surface area contributed by atoms with E-state index in [1.165, 1.54) is 6.08 Å². The van der Waals surface area contributed by atoms with Gasteiger partial charge in [0, 0.05) is 55.8 Å². The number of carbonyl (C=O) groups is 1. The molecule has 9 heteroatoms. The van der Waals surface area contributed by atoms with Crippen LogP contribution in [0.1, 0.15) is 23.2 Å². The summed E-state index contributed by atoms with van der Waals surface area (Å²) in [7, 11) is 1.92. The molecule has 0 atom stereocenters. The fourth-order valence-corrected chi connectivity index (χ4v) is 5.75. The molecule has 0 N–H and O–H groups in total. The lowest BCUT2D eigenvalue weighted by Gasteiger charge is -2.47. The molecule has 1 amide bonds. The van der Waals surface area contributed by atoms with Gasteiger partial charge in [0.25, 0.3) is 0 Å². The van der Waals surface area contributed by atoms with Gasteiger partial charge in [-0.05, 0) is 37.1 Å². The molecule has 0 bridgehead atoms. The Labute approximate surface area is 227 Å². The highest BCUT2D eigenvalue weighted by Gasteiger charge is 2.49. The third-order valence-electron chi connectivity index (χ3n) is 7.71. The Morgan fingerprint density at radius 2 is 2.08 bits per heavy atom. The van der Waals surface area contributed by atoms with Crippen molar-refractivity contribution in [2.45, 2.75) is 20.0 Å². The van der Waals surface area contributed by atoms with E-state index in [1.807, 2.05) is 47.9 Å². The van der Waals surface area contributed by atoms with E-state index in [2.05, 4.69) is 39.6 Å². The van der Waals surface area contributed by atoms with Gasteiger partial charge in [-0.25, -0.2) is 0 Å². The van der Waals surface area contributed by atoms with Gasteiger partial charge in [-0.1, -0.05) is 30.7 Å². The summed E-state index contributed by atoms with van der Waals surface area (Å²) in [6, 6.07) is 10.0. The topological polar surface area (TPSA) is 89.3 Å². The Balaban J connectivity index is 1.44. The van der Waals surface area contributed by atoms with Crippen LogP contribution in [0.25, 0.3) is 22.2 Å². The summed E-state index contributed by atoms with van der Waals surface area (Å²) in [5.41, 5.74) is 4.93. The molecule has 196 valence electrons. The van der Waals surface area contributed by atoms with E-state index in [4.69, 9.17) is 21.1 Å². The summed E-state index contributed by atoms with van der Waals surface area (Å²) in [4.78, 5) is 30.2. The van der Waals surface area contributed by atoms with Gasteiger partial charge in [0.1, 0.15) is 6.61 Å². The third kappa shape index (κ3) is 4.28. The highest BCUT2D eigenvalue weighted by Crippen LogP contribution is 2.43. The molecule has 0 unspecified atom stereocenters. The smallest absolute Gasteiger partial charge is 0.319 e. The van der Waals surface area contributed by atoms with Crippen LogP contribution in [0.4, 0.5) is 5.82 Å². The first-order chi connectivity index (χ1) is 18.9. The van der Waals surface area contributed by atoms with Crippen molar-refractivity contribution in [3.05, 3.63) is 72.2 Å². The number of fused-ring (bicyclic) bond motifs is 1. The Kier molecular flexibility index (Phi) is 6.03. The first-order valence-electron chi connectivity index (χ1n) is 12.9. The minimum absolute atomic E-state index is 0.0165. The van der Waals surface area contributed by atoms with Crippen LogP contribution in [-0.2, 0) is 18.4 Å². The number of anilines is 1. The molecule has 1 aromatic carbocycles. The van der Waals surface area contributed by atoms with Gasteiger partial charge in [-0.15, -0.1) is 6.42 Å². The Morgan fingerprint density at radius 1 is 1.23 bits per heavy atom. The second-order valence-corrected chi connectivity index (χ2v) is 10.3. The van der Waals surface area contributed by atoms with Crippen LogP contribution in [-0.4, -0.2) is 61.7 Å². The fraction of sp³-hybridized carbons (Fsp3) is 0.300. The molecule has 1 spiro atoms. The Bertz CT molecular complexity index is 1630. The zero-order valence-corrected chi connectivity index (χ0v) is 22.1. The first-order valence-corrected chi connectivity index (χ1v) is 12.9. The van der Waals surface area contributed by atoms with Crippen LogP contribution in [0, 0.1) is 24.7 Å². The summed E-state index contributed by atoms with van der Waals surface area (Å²) < 4.78 is 7.95. The van der Waals surface area contributed by atoms with Gasteiger partial charge in [0.05, 0.1) is 28.7 Å². The number of likely N-dealkylation sites (tertiary alicyclic amines) is 1. The summed E-state index contributed by atoms with van der Waals surface area (Å²) in [5, 5.41) is 5.47. The van der Waals surface area contributed by atoms with Crippen molar-refractivity contribution in [2.24, 2.45) is 12.5 Å². The number of nitrogens with zero attached hydrogens (tertiary/aromatic N) is 7. The molecule has 4 aromatic rings. The average molecular weight is 520 g/mol. The number of ether oxygens (including phenoxy) is 1. The number of carbonyl (C=O) groups excluding carboxylic acids is 1. The summed E-state index contributed by atoms with van der Waals surface area (Å²) in [6.07, 6.45) is 12.1. The van der Waals surface area contributed by atoms with Crippen molar-refractivity contribution in [3.63, 3.8) is 0 Å². The van der Waals surface area contributed by atoms with Crippen LogP contribution in [0.3, 0.4) is 0 Å². The molecule has 0 radical (unpaired) electrons. The van der Waals surface area contributed by atoms with Gasteiger partial charge in [0.15, 0.2) is 5.82 Å². The average Bonchev–Trinajstić information content (AvgIpc) is 3.55. The fourth-order valence-electron chi connectivity index (χ4n) is 5.75. The third-order valence-corrected chi connectivity index (χ3v) is 7.71. The first kappa shape index (κ1) is 24.6. The predicted molar refractivity (Wildman–Crippen MR) is 149 cm³/mol. The SMILES string of the molecule is C#Cc1c(-c2c(C)ccc3cnn(C)c23)nc(OCc2ccccn2)nc1N1CCC2(CN(C(=O)C=C)C2)C1. The standard InChI is InChI=1S/C30H29N7O2/c1-5-23-26(25-20(3)10-11-21-15-32-35(4)27(21)25)33-29(39-16-22-9-7-8-13-31-22)34-28(23)36-14-12-30(17-36)18-37(19-30)24(38)6-2/h1,6-11,13,15H,2,12,14,16-19H2,3-4H3. The van der Waals surface area contributed by atoms with E-state index >= 15 is 0 Å². The number of hydrogen-bond donors (Lipinski definition) is 0. The molecule has 2 aliphatic heterocycles. The van der Waals surface area contributed by atoms with E-state index in [1.54, 1.807) is 6.20 Å². The second-order valence-electron chi connectivity index (χ2n) is 10.3. The summed E-state index contributed by atoms with van der Waals surface area (Å²) >= 11 is 0. The van der Waals surface area contributed by atoms with Crippen molar-refractivity contribution in [1.29, 1.82) is 0 Å². The minimum Gasteiger partial charge on any atom is -0.457 e. The lowest BCUT2D eigenvalue weighted by atomic mass is 9.79. The Morgan fingerprint density at radius 3 is 2.82 bits per heavy atom. The maximum atomic E-state index is 12.1. The predicted octanol–water partition coefficient (Wildman–Crippen LogP) is 3.52. The van der Waals surface area contributed by atoms with Gasteiger partial charge in [0.2, 0.25) is 5.91 Å². The van der Waals surface area contributed by atoms with Gasteiger partial charge in [-0.3, -0.25) is 14.5 Å². The van der Waals surface area contributed by atoms with E-state index in [9.17, 15) is 4.79 Å². The van der Waals surface area contributed by atoms with Crippen LogP contribution in [0.2, 0.25) is 0 Å². The van der Waals surface area contributed by atoms with Gasteiger partial charge >= 0.3 is 6.01 Å². The highest BCUT2D eigenvalue weighted by molar-refractivity contribution is 5.97. The molecule has 0 aliphatic carbocycles. The van der Waals surface area contributed by atoms with Crippen molar-refractivity contribution in [3.8, 4) is 29.6 Å². The molecular weight excluding hydrogens is 490 g/mol. The lowest BCUT2D eigenvalue weighted by Crippen LogP contribution is -2.59. The molecular formula is C30H29N7O2. The Hall–Kier alpha value is -4.71. The van der Waals surface area contributed by atoms with E-state index in [0.29, 0.717) is 30.2 Å². The second kappa shape index (κ2) is 9.55. The van der Waals surface area contributed by atoms with Crippen LogP contribution in [0.15, 0.2) is 55.4 Å². The largest absolute Gasteiger partial charge is 0.457 e. The number of pyridine rings is 1. The zero-order valence-electron chi connectivity index (χ0n) is 22.1. The molecule has 2 saturated heterocycles.